The lowest BCUT2D eigenvalue weighted by Gasteiger charge is -2.26. The molecule has 1 saturated heterocycles. The standard InChI is InChI=1S/C23H22N6O2S/c30-21(15-29-16-24-18-8-4-5-9-19(18)29)27-25-14-20-22(17-6-2-1-3-7-17)26-23(32-20)28-10-12-31-13-11-28/h1-9,14,16H,10-13,15H2,(H,27,30)/b25-14+. The van der Waals surface area contributed by atoms with Gasteiger partial charge in [0.1, 0.15) is 6.54 Å². The molecule has 1 aliphatic rings. The number of amides is 1. The summed E-state index contributed by atoms with van der Waals surface area (Å²) >= 11 is 1.56. The van der Waals surface area contributed by atoms with E-state index in [4.69, 9.17) is 9.72 Å². The first-order valence-electron chi connectivity index (χ1n) is 10.4. The number of thiazole rings is 1. The van der Waals surface area contributed by atoms with E-state index in [0.717, 1.165) is 45.4 Å². The van der Waals surface area contributed by atoms with Crippen molar-refractivity contribution >= 4 is 39.6 Å². The molecule has 0 aliphatic carbocycles. The van der Waals surface area contributed by atoms with Crippen LogP contribution in [0.3, 0.4) is 0 Å². The van der Waals surface area contributed by atoms with Gasteiger partial charge >= 0.3 is 0 Å². The van der Waals surface area contributed by atoms with Crippen LogP contribution in [0, 0.1) is 0 Å². The highest BCUT2D eigenvalue weighted by atomic mass is 32.1. The Bertz CT molecular complexity index is 1240. The Labute approximate surface area is 189 Å². The third-order valence-electron chi connectivity index (χ3n) is 5.18. The number of hydrazone groups is 1. The number of anilines is 1. The normalized spacial score (nSPS) is 14.3. The second-order valence-corrected chi connectivity index (χ2v) is 8.34. The number of morpholine rings is 1. The van der Waals surface area contributed by atoms with Gasteiger partial charge in [-0.05, 0) is 12.1 Å². The molecule has 0 atom stereocenters. The molecule has 1 N–H and O–H groups in total. The average Bonchev–Trinajstić information content (AvgIpc) is 3.45. The Balaban J connectivity index is 1.33. The van der Waals surface area contributed by atoms with Crippen molar-refractivity contribution in [2.75, 3.05) is 31.2 Å². The fourth-order valence-corrected chi connectivity index (χ4v) is 4.60. The predicted octanol–water partition coefficient (Wildman–Crippen LogP) is 3.15. The zero-order valence-electron chi connectivity index (χ0n) is 17.3. The van der Waals surface area contributed by atoms with Gasteiger partial charge < -0.3 is 14.2 Å². The Kier molecular flexibility index (Phi) is 5.91. The lowest BCUT2D eigenvalue weighted by molar-refractivity contribution is -0.121. The maximum atomic E-state index is 12.4. The predicted molar refractivity (Wildman–Crippen MR) is 126 cm³/mol. The Morgan fingerprint density at radius 2 is 1.91 bits per heavy atom. The maximum absolute atomic E-state index is 12.4. The number of benzene rings is 2. The highest BCUT2D eigenvalue weighted by molar-refractivity contribution is 7.17. The number of carbonyl (C=O) groups is 1. The molecule has 9 heteroatoms. The number of para-hydroxylation sites is 2. The molecule has 2 aromatic carbocycles. The topological polar surface area (TPSA) is 84.6 Å². The van der Waals surface area contributed by atoms with Crippen LogP contribution in [0.4, 0.5) is 5.13 Å². The first-order valence-corrected chi connectivity index (χ1v) is 11.2. The van der Waals surface area contributed by atoms with E-state index >= 15 is 0 Å². The van der Waals surface area contributed by atoms with Crippen LogP contribution >= 0.6 is 11.3 Å². The fourth-order valence-electron chi connectivity index (χ4n) is 3.59. The molecule has 8 nitrogen and oxygen atoms in total. The van der Waals surface area contributed by atoms with E-state index < -0.39 is 0 Å². The second kappa shape index (κ2) is 9.29. The van der Waals surface area contributed by atoms with E-state index in [1.54, 1.807) is 28.4 Å². The number of nitrogens with one attached hydrogen (secondary N) is 1. The molecule has 1 aliphatic heterocycles. The summed E-state index contributed by atoms with van der Waals surface area (Å²) in [7, 11) is 0. The van der Waals surface area contributed by atoms with E-state index in [1.165, 1.54) is 0 Å². The van der Waals surface area contributed by atoms with E-state index in [-0.39, 0.29) is 12.5 Å². The smallest absolute Gasteiger partial charge is 0.260 e. The van der Waals surface area contributed by atoms with Crippen LogP contribution in [-0.4, -0.2) is 53.0 Å². The molecule has 0 radical (unpaired) electrons. The van der Waals surface area contributed by atoms with Gasteiger partial charge in [0.2, 0.25) is 0 Å². The molecule has 1 fully saturated rings. The van der Waals surface area contributed by atoms with Gasteiger partial charge in [0.05, 0.1) is 47.4 Å². The van der Waals surface area contributed by atoms with Gasteiger partial charge in [0.25, 0.3) is 5.91 Å². The molecule has 3 heterocycles. The van der Waals surface area contributed by atoms with Crippen LogP contribution in [0.15, 0.2) is 66.0 Å². The number of aromatic nitrogens is 3. The van der Waals surface area contributed by atoms with Crippen molar-refractivity contribution in [1.82, 2.24) is 20.0 Å². The Morgan fingerprint density at radius 1 is 1.12 bits per heavy atom. The van der Waals surface area contributed by atoms with E-state index in [0.29, 0.717) is 13.2 Å². The molecule has 0 spiro atoms. The van der Waals surface area contributed by atoms with Gasteiger partial charge in [0.15, 0.2) is 5.13 Å². The summed E-state index contributed by atoms with van der Waals surface area (Å²) in [4.78, 5) is 24.7. The minimum atomic E-state index is -0.219. The number of carbonyl (C=O) groups excluding carboxylic acids is 1. The van der Waals surface area contributed by atoms with Gasteiger partial charge in [-0.25, -0.2) is 15.4 Å². The molecule has 1 amide bonds. The van der Waals surface area contributed by atoms with Crippen LogP contribution in [-0.2, 0) is 16.1 Å². The lowest BCUT2D eigenvalue weighted by atomic mass is 10.1. The Hall–Kier alpha value is -3.56. The quantitative estimate of drug-likeness (QED) is 0.363. The number of ether oxygens (including phenoxy) is 1. The van der Waals surface area contributed by atoms with E-state index in [2.05, 4.69) is 20.4 Å². The summed E-state index contributed by atoms with van der Waals surface area (Å²) in [6, 6.07) is 17.7. The van der Waals surface area contributed by atoms with Gasteiger partial charge in [-0.3, -0.25) is 4.79 Å². The number of nitrogens with zero attached hydrogens (tertiary/aromatic N) is 5. The third kappa shape index (κ3) is 4.39. The molecule has 0 saturated carbocycles. The van der Waals surface area contributed by atoms with Crippen molar-refractivity contribution in [3.8, 4) is 11.3 Å². The minimum Gasteiger partial charge on any atom is -0.378 e. The molecule has 4 aromatic rings. The molecule has 32 heavy (non-hydrogen) atoms. The highest BCUT2D eigenvalue weighted by Crippen LogP contribution is 2.32. The van der Waals surface area contributed by atoms with E-state index in [9.17, 15) is 4.79 Å². The first kappa shape index (κ1) is 20.3. The van der Waals surface area contributed by atoms with Crippen molar-refractivity contribution in [2.24, 2.45) is 5.10 Å². The first-order chi connectivity index (χ1) is 15.8. The number of rotatable bonds is 6. The molecular formula is C23H22N6O2S. The second-order valence-electron chi connectivity index (χ2n) is 7.33. The average molecular weight is 447 g/mol. The van der Waals surface area contributed by atoms with E-state index in [1.807, 2.05) is 54.6 Å². The van der Waals surface area contributed by atoms with Crippen molar-refractivity contribution in [3.63, 3.8) is 0 Å². The van der Waals surface area contributed by atoms with Gasteiger partial charge in [0, 0.05) is 18.7 Å². The van der Waals surface area contributed by atoms with Crippen molar-refractivity contribution < 1.29 is 9.53 Å². The van der Waals surface area contributed by atoms with Gasteiger partial charge in [-0.1, -0.05) is 53.8 Å². The van der Waals surface area contributed by atoms with Gasteiger partial charge in [-0.15, -0.1) is 0 Å². The number of hydrogen-bond donors (Lipinski definition) is 1. The lowest BCUT2D eigenvalue weighted by Crippen LogP contribution is -2.36. The SMILES string of the molecule is O=C(Cn1cnc2ccccc21)N/N=C/c1sc(N2CCOCC2)nc1-c1ccccc1. The summed E-state index contributed by atoms with van der Waals surface area (Å²) in [5.74, 6) is -0.219. The summed E-state index contributed by atoms with van der Waals surface area (Å²) < 4.78 is 7.26. The fraction of sp³-hybridized carbons (Fsp3) is 0.217. The maximum Gasteiger partial charge on any atom is 0.260 e. The van der Waals surface area contributed by atoms with Crippen molar-refractivity contribution in [1.29, 1.82) is 0 Å². The largest absolute Gasteiger partial charge is 0.378 e. The molecular weight excluding hydrogens is 424 g/mol. The number of fused-ring (bicyclic) bond motifs is 1. The Morgan fingerprint density at radius 3 is 2.75 bits per heavy atom. The third-order valence-corrected chi connectivity index (χ3v) is 6.23. The van der Waals surface area contributed by atoms with Crippen molar-refractivity contribution in [3.05, 3.63) is 65.8 Å². The van der Waals surface area contributed by atoms with Crippen LogP contribution in [0.25, 0.3) is 22.3 Å². The van der Waals surface area contributed by atoms with Gasteiger partial charge in [-0.2, -0.15) is 5.10 Å². The summed E-state index contributed by atoms with van der Waals surface area (Å²) in [6.07, 6.45) is 3.34. The highest BCUT2D eigenvalue weighted by Gasteiger charge is 2.19. The summed E-state index contributed by atoms with van der Waals surface area (Å²) in [5, 5.41) is 5.15. The van der Waals surface area contributed by atoms with Crippen LogP contribution < -0.4 is 10.3 Å². The zero-order valence-corrected chi connectivity index (χ0v) is 18.2. The molecule has 0 unspecified atom stereocenters. The molecule has 2 aromatic heterocycles. The monoisotopic (exact) mass is 446 g/mol. The van der Waals surface area contributed by atoms with Crippen molar-refractivity contribution in [2.45, 2.75) is 6.54 Å². The van der Waals surface area contributed by atoms with Crippen LogP contribution in [0.5, 0.6) is 0 Å². The summed E-state index contributed by atoms with van der Waals surface area (Å²) in [5.41, 5.74) is 6.27. The minimum absolute atomic E-state index is 0.144. The van der Waals surface area contributed by atoms with Crippen LogP contribution in [0.1, 0.15) is 4.88 Å². The zero-order chi connectivity index (χ0) is 21.8. The van der Waals surface area contributed by atoms with Crippen LogP contribution in [0.2, 0.25) is 0 Å². The number of imidazole rings is 1. The molecule has 0 bridgehead atoms. The number of hydrogen-bond acceptors (Lipinski definition) is 7. The molecule has 5 rings (SSSR count). The molecule has 162 valence electrons. The summed E-state index contributed by atoms with van der Waals surface area (Å²) in [6.45, 7) is 3.16.